The minimum Gasteiger partial charge on any atom is -0.452 e. The van der Waals surface area contributed by atoms with Gasteiger partial charge < -0.3 is 9.47 Å². The Balaban J connectivity index is 1.94. The van der Waals surface area contributed by atoms with Crippen LogP contribution >= 0.6 is 11.3 Å². The molecule has 0 saturated heterocycles. The molecule has 0 bridgehead atoms. The first kappa shape index (κ1) is 14.5. The number of ketones is 1. The zero-order valence-corrected chi connectivity index (χ0v) is 13.2. The summed E-state index contributed by atoms with van der Waals surface area (Å²) >= 11 is 1.32. The summed E-state index contributed by atoms with van der Waals surface area (Å²) < 4.78 is 11.0. The summed E-state index contributed by atoms with van der Waals surface area (Å²) in [6.45, 7) is 5.45. The van der Waals surface area contributed by atoms with E-state index in [0.29, 0.717) is 27.7 Å². The number of carbonyl (C=O) groups excluding carboxylic acids is 2. The van der Waals surface area contributed by atoms with Crippen molar-refractivity contribution in [2.75, 3.05) is 0 Å². The van der Waals surface area contributed by atoms with Gasteiger partial charge in [0, 0.05) is 6.07 Å². The van der Waals surface area contributed by atoms with E-state index in [2.05, 4.69) is 0 Å². The van der Waals surface area contributed by atoms with Gasteiger partial charge in [0.1, 0.15) is 16.4 Å². The summed E-state index contributed by atoms with van der Waals surface area (Å²) in [4.78, 5) is 24.8. The fourth-order valence-electron chi connectivity index (χ4n) is 2.30. The van der Waals surface area contributed by atoms with Crippen LogP contribution in [0.3, 0.4) is 0 Å². The van der Waals surface area contributed by atoms with Gasteiger partial charge in [-0.3, -0.25) is 4.79 Å². The normalized spacial score (nSPS) is 12.9. The van der Waals surface area contributed by atoms with Gasteiger partial charge in [-0.15, -0.1) is 11.3 Å². The third kappa shape index (κ3) is 2.44. The van der Waals surface area contributed by atoms with Gasteiger partial charge in [0.05, 0.1) is 5.56 Å². The van der Waals surface area contributed by atoms with Crippen LogP contribution in [0.5, 0.6) is 11.5 Å². The minimum absolute atomic E-state index is 0.122. The smallest absolute Gasteiger partial charge is 0.353 e. The fourth-order valence-corrected chi connectivity index (χ4v) is 2.90. The first-order valence-electron chi connectivity index (χ1n) is 6.77. The number of ether oxygens (including phenoxy) is 2. The molecule has 1 aromatic carbocycles. The van der Waals surface area contributed by atoms with Gasteiger partial charge >= 0.3 is 5.97 Å². The molecule has 1 aromatic heterocycles. The Kier molecular flexibility index (Phi) is 3.58. The summed E-state index contributed by atoms with van der Waals surface area (Å²) in [7, 11) is 0. The number of aryl methyl sites for hydroxylation is 1. The van der Waals surface area contributed by atoms with Crippen LogP contribution in [0.4, 0.5) is 0 Å². The molecule has 1 aliphatic heterocycles. The van der Waals surface area contributed by atoms with Crippen LogP contribution in [0, 0.1) is 6.92 Å². The molecule has 0 spiro atoms. The van der Waals surface area contributed by atoms with E-state index in [-0.39, 0.29) is 5.78 Å². The molecular weight excluding hydrogens is 300 g/mol. The van der Waals surface area contributed by atoms with Crippen LogP contribution in [-0.2, 0) is 0 Å². The predicted octanol–water partition coefficient (Wildman–Crippen LogP) is 4.14. The van der Waals surface area contributed by atoms with Crippen molar-refractivity contribution in [1.82, 2.24) is 0 Å². The molecule has 0 unspecified atom stereocenters. The highest BCUT2D eigenvalue weighted by atomic mass is 32.1. The molecule has 0 amide bonds. The van der Waals surface area contributed by atoms with Gasteiger partial charge in [-0.25, -0.2) is 4.79 Å². The van der Waals surface area contributed by atoms with Crippen LogP contribution in [0.15, 0.2) is 41.0 Å². The number of allylic oxidation sites excluding steroid dienone is 2. The summed E-state index contributed by atoms with van der Waals surface area (Å²) in [6.07, 6.45) is 0. The molecule has 0 saturated carbocycles. The van der Waals surface area contributed by atoms with Crippen LogP contribution in [0.2, 0.25) is 0 Å². The second-order valence-corrected chi connectivity index (χ2v) is 6.19. The summed E-state index contributed by atoms with van der Waals surface area (Å²) in [5.41, 5.74) is 2.08. The molecule has 0 N–H and O–H groups in total. The van der Waals surface area contributed by atoms with E-state index in [4.69, 9.17) is 9.47 Å². The molecule has 3 rings (SSSR count). The van der Waals surface area contributed by atoms with Gasteiger partial charge in [-0.05, 0) is 49.4 Å². The fraction of sp³-hybridized carbons (Fsp3) is 0.176. The van der Waals surface area contributed by atoms with Gasteiger partial charge in [0.15, 0.2) is 5.76 Å². The third-order valence-electron chi connectivity index (χ3n) is 3.31. The summed E-state index contributed by atoms with van der Waals surface area (Å²) in [5.74, 6) is 0.622. The first-order chi connectivity index (χ1) is 10.5. The van der Waals surface area contributed by atoms with Crippen molar-refractivity contribution in [1.29, 1.82) is 0 Å². The Morgan fingerprint density at radius 1 is 1.27 bits per heavy atom. The number of esters is 1. The number of rotatable bonds is 2. The third-order valence-corrected chi connectivity index (χ3v) is 4.16. The largest absolute Gasteiger partial charge is 0.452 e. The average Bonchev–Trinajstić information content (AvgIpc) is 3.06. The number of Topliss-reactive ketones (excluding diaryl/α,β-unsaturated/α-hetero) is 1. The molecule has 112 valence electrons. The van der Waals surface area contributed by atoms with Gasteiger partial charge in [-0.2, -0.15) is 0 Å². The van der Waals surface area contributed by atoms with E-state index in [1.165, 1.54) is 11.3 Å². The van der Waals surface area contributed by atoms with E-state index in [1.54, 1.807) is 31.2 Å². The highest BCUT2D eigenvalue weighted by Crippen LogP contribution is 2.38. The summed E-state index contributed by atoms with van der Waals surface area (Å²) in [5, 5.41) is 1.81. The van der Waals surface area contributed by atoms with Crippen molar-refractivity contribution in [2.24, 2.45) is 0 Å². The maximum atomic E-state index is 12.3. The maximum absolute atomic E-state index is 12.3. The van der Waals surface area contributed by atoms with Crippen molar-refractivity contribution >= 4 is 23.1 Å². The molecule has 0 atom stereocenters. The van der Waals surface area contributed by atoms with E-state index in [9.17, 15) is 9.59 Å². The minimum atomic E-state index is -0.416. The molecule has 4 nitrogen and oxygen atoms in total. The molecule has 22 heavy (non-hydrogen) atoms. The van der Waals surface area contributed by atoms with Crippen LogP contribution < -0.4 is 9.47 Å². The Morgan fingerprint density at radius 2 is 2.05 bits per heavy atom. The standard InChI is InChI=1S/C17H14O4S/c1-9(2)16-15(18)14-10(3)7-11(8-12(14)21-16)20-17(19)13-5-4-6-22-13/h4-8H,1-3H3. The lowest BCUT2D eigenvalue weighted by molar-refractivity contribution is 0.0739. The van der Waals surface area contributed by atoms with Crippen molar-refractivity contribution in [3.05, 3.63) is 57.0 Å². The number of carbonyl (C=O) groups is 2. The van der Waals surface area contributed by atoms with Gasteiger partial charge in [0.2, 0.25) is 5.78 Å². The van der Waals surface area contributed by atoms with E-state index in [0.717, 1.165) is 11.1 Å². The number of hydrogen-bond acceptors (Lipinski definition) is 5. The molecule has 5 heteroatoms. The molecule has 1 aliphatic rings. The lowest BCUT2D eigenvalue weighted by atomic mass is 10.0. The van der Waals surface area contributed by atoms with Crippen molar-refractivity contribution in [3.63, 3.8) is 0 Å². The van der Waals surface area contributed by atoms with E-state index < -0.39 is 5.97 Å². The number of benzene rings is 1. The number of fused-ring (bicyclic) bond motifs is 1. The van der Waals surface area contributed by atoms with Crippen LogP contribution in [0.25, 0.3) is 0 Å². The molecule has 2 aromatic rings. The highest BCUT2D eigenvalue weighted by molar-refractivity contribution is 7.12. The lowest BCUT2D eigenvalue weighted by Crippen LogP contribution is -2.06. The van der Waals surface area contributed by atoms with E-state index in [1.807, 2.05) is 19.2 Å². The average molecular weight is 314 g/mol. The van der Waals surface area contributed by atoms with Crippen LogP contribution in [-0.4, -0.2) is 11.8 Å². The Bertz CT molecular complexity index is 796. The zero-order valence-electron chi connectivity index (χ0n) is 12.4. The van der Waals surface area contributed by atoms with E-state index >= 15 is 0 Å². The monoisotopic (exact) mass is 314 g/mol. The molecule has 0 aliphatic carbocycles. The summed E-state index contributed by atoms with van der Waals surface area (Å²) in [6, 6.07) is 6.76. The number of thiophene rings is 1. The maximum Gasteiger partial charge on any atom is 0.353 e. The van der Waals surface area contributed by atoms with Crippen LogP contribution in [0.1, 0.15) is 39.4 Å². The van der Waals surface area contributed by atoms with Crippen molar-refractivity contribution in [3.8, 4) is 11.5 Å². The first-order valence-corrected chi connectivity index (χ1v) is 7.65. The second-order valence-electron chi connectivity index (χ2n) is 5.24. The second kappa shape index (κ2) is 5.42. The van der Waals surface area contributed by atoms with Gasteiger partial charge in [-0.1, -0.05) is 6.07 Å². The molecule has 0 radical (unpaired) electrons. The predicted molar refractivity (Wildman–Crippen MR) is 83.8 cm³/mol. The Morgan fingerprint density at radius 3 is 2.68 bits per heavy atom. The topological polar surface area (TPSA) is 52.6 Å². The highest BCUT2D eigenvalue weighted by Gasteiger charge is 2.31. The Hall–Kier alpha value is -2.40. The van der Waals surface area contributed by atoms with Crippen molar-refractivity contribution < 1.29 is 19.1 Å². The molecule has 0 fully saturated rings. The zero-order chi connectivity index (χ0) is 15.9. The SMILES string of the molecule is CC(C)=C1Oc2cc(OC(=O)c3cccs3)cc(C)c2C1=O. The van der Waals surface area contributed by atoms with Crippen molar-refractivity contribution in [2.45, 2.75) is 20.8 Å². The quantitative estimate of drug-likeness (QED) is 0.475. The van der Waals surface area contributed by atoms with Gasteiger partial charge in [0.25, 0.3) is 0 Å². The lowest BCUT2D eigenvalue weighted by Gasteiger charge is -2.06. The molecule has 2 heterocycles. The number of hydrogen-bond donors (Lipinski definition) is 0. The molecular formula is C17H14O4S. The Labute approximate surface area is 132 Å².